The average molecular weight is 648 g/mol. The molecule has 3 aromatic carbocycles. The standard InChI is InChI=1S/C33H35ClFN7O4/c34-26-3-1-2-23(30(26)35)19-37-31(43)27-10-11-39-12-13-40(33(45)42(27)39)29-20-41(32(36)44)28-18-22(6-9-25(28)29)21-4-7-24(8-5-21)38-14-16-46-17-15-38/h1-9,18,20,27,33,45H,10-17,19H2,(H2,36,44)(H,37,43)/t27-,33?/m0/s1. The van der Waals surface area contributed by atoms with E-state index in [9.17, 15) is 19.1 Å². The van der Waals surface area contributed by atoms with Crippen LogP contribution in [-0.4, -0.2) is 90.0 Å². The molecule has 7 rings (SSSR count). The van der Waals surface area contributed by atoms with Crippen LogP contribution in [0.1, 0.15) is 12.0 Å². The molecular formula is C33H35ClFN7O4. The van der Waals surface area contributed by atoms with Gasteiger partial charge in [-0.05, 0) is 41.8 Å². The topological polar surface area (TPSA) is 120 Å². The van der Waals surface area contributed by atoms with Gasteiger partial charge >= 0.3 is 6.03 Å². The zero-order chi connectivity index (χ0) is 31.9. The van der Waals surface area contributed by atoms with Crippen molar-refractivity contribution in [1.82, 2.24) is 19.9 Å². The van der Waals surface area contributed by atoms with Crippen molar-refractivity contribution in [2.24, 2.45) is 5.73 Å². The molecule has 3 aliphatic rings. The van der Waals surface area contributed by atoms with E-state index in [0.29, 0.717) is 50.5 Å². The number of anilines is 2. The predicted octanol–water partition coefficient (Wildman–Crippen LogP) is 3.57. The number of hydrogen-bond donors (Lipinski definition) is 3. The van der Waals surface area contributed by atoms with Gasteiger partial charge in [-0.1, -0.05) is 48.0 Å². The SMILES string of the molecule is NC(=O)n1cc(N2CCN3CC[C@@H](C(=O)NCc4cccc(Cl)c4F)N3C2O)c2ccc(-c3ccc(N4CCOCC4)cc3)cc21. The second-order valence-electron chi connectivity index (χ2n) is 11.7. The Hall–Kier alpha value is -4.20. The molecule has 240 valence electrons. The van der Waals surface area contributed by atoms with Gasteiger partial charge in [-0.15, -0.1) is 0 Å². The molecule has 4 N–H and O–H groups in total. The molecule has 2 amide bonds. The van der Waals surface area contributed by atoms with Crippen molar-refractivity contribution in [1.29, 1.82) is 0 Å². The molecule has 0 saturated carbocycles. The van der Waals surface area contributed by atoms with Crippen molar-refractivity contribution in [3.8, 4) is 11.1 Å². The second kappa shape index (κ2) is 12.5. The number of nitrogens with one attached hydrogen (secondary N) is 1. The average Bonchev–Trinajstić information content (AvgIpc) is 3.69. The number of aromatic nitrogens is 1. The van der Waals surface area contributed by atoms with Crippen LogP contribution in [0.2, 0.25) is 5.02 Å². The Labute approximate surface area is 270 Å². The van der Waals surface area contributed by atoms with Crippen LogP contribution in [0.25, 0.3) is 22.0 Å². The van der Waals surface area contributed by atoms with Gasteiger partial charge in [0.1, 0.15) is 11.9 Å². The van der Waals surface area contributed by atoms with E-state index in [1.165, 1.54) is 10.6 Å². The summed E-state index contributed by atoms with van der Waals surface area (Å²) in [4.78, 5) is 30.0. The molecule has 46 heavy (non-hydrogen) atoms. The summed E-state index contributed by atoms with van der Waals surface area (Å²) < 4.78 is 21.3. The van der Waals surface area contributed by atoms with Gasteiger partial charge in [0.05, 0.1) is 29.4 Å². The van der Waals surface area contributed by atoms with E-state index in [4.69, 9.17) is 22.1 Å². The molecule has 1 aromatic heterocycles. The van der Waals surface area contributed by atoms with Crippen molar-refractivity contribution < 1.29 is 23.8 Å². The van der Waals surface area contributed by atoms with Crippen LogP contribution >= 0.6 is 11.6 Å². The van der Waals surface area contributed by atoms with Gasteiger partial charge in [-0.3, -0.25) is 9.36 Å². The van der Waals surface area contributed by atoms with Crippen LogP contribution in [-0.2, 0) is 16.1 Å². The first kappa shape index (κ1) is 30.5. The van der Waals surface area contributed by atoms with E-state index < -0.39 is 24.2 Å². The van der Waals surface area contributed by atoms with Crippen LogP contribution in [0, 0.1) is 5.82 Å². The van der Waals surface area contributed by atoms with Crippen molar-refractivity contribution in [2.75, 3.05) is 55.7 Å². The number of morpholine rings is 1. The maximum absolute atomic E-state index is 14.4. The van der Waals surface area contributed by atoms with Crippen LogP contribution in [0.15, 0.2) is 66.9 Å². The fourth-order valence-corrected chi connectivity index (χ4v) is 6.89. The number of amides is 2. The highest BCUT2D eigenvalue weighted by molar-refractivity contribution is 6.30. The summed E-state index contributed by atoms with van der Waals surface area (Å²) in [6, 6.07) is 17.5. The van der Waals surface area contributed by atoms with Crippen LogP contribution in [0.3, 0.4) is 0 Å². The molecule has 3 aliphatic heterocycles. The third kappa shape index (κ3) is 5.56. The number of aliphatic hydroxyl groups excluding tert-OH is 1. The van der Waals surface area contributed by atoms with Gasteiger partial charge in [0.15, 0.2) is 6.35 Å². The van der Waals surface area contributed by atoms with E-state index in [2.05, 4.69) is 34.5 Å². The summed E-state index contributed by atoms with van der Waals surface area (Å²) in [7, 11) is 0. The number of nitrogens with two attached hydrogens (primary N) is 1. The smallest absolute Gasteiger partial charge is 0.323 e. The summed E-state index contributed by atoms with van der Waals surface area (Å²) in [6.45, 7) is 4.71. The summed E-state index contributed by atoms with van der Waals surface area (Å²) >= 11 is 5.90. The normalized spacial score (nSPS) is 20.7. The number of benzene rings is 3. The van der Waals surface area contributed by atoms with Gasteiger partial charge in [0.25, 0.3) is 0 Å². The van der Waals surface area contributed by atoms with Gasteiger partial charge < -0.3 is 30.7 Å². The molecule has 0 spiro atoms. The quantitative estimate of drug-likeness (QED) is 0.291. The van der Waals surface area contributed by atoms with E-state index in [1.54, 1.807) is 28.2 Å². The fraction of sp³-hybridized carbons (Fsp3) is 0.333. The number of carbonyl (C=O) groups is 2. The number of rotatable bonds is 6. The van der Waals surface area contributed by atoms with Crippen molar-refractivity contribution in [2.45, 2.75) is 25.4 Å². The predicted molar refractivity (Wildman–Crippen MR) is 174 cm³/mol. The Morgan fingerprint density at radius 1 is 1.00 bits per heavy atom. The minimum absolute atomic E-state index is 0.00943. The Balaban J connectivity index is 1.13. The monoisotopic (exact) mass is 647 g/mol. The van der Waals surface area contributed by atoms with Crippen molar-refractivity contribution >= 4 is 45.8 Å². The summed E-state index contributed by atoms with van der Waals surface area (Å²) in [5.41, 5.74) is 10.4. The van der Waals surface area contributed by atoms with E-state index in [-0.39, 0.29) is 23.0 Å². The number of primary amides is 1. The van der Waals surface area contributed by atoms with Gasteiger partial charge in [-0.2, -0.15) is 5.01 Å². The summed E-state index contributed by atoms with van der Waals surface area (Å²) in [5, 5.41) is 18.8. The lowest BCUT2D eigenvalue weighted by atomic mass is 10.0. The number of fused-ring (bicyclic) bond motifs is 2. The Morgan fingerprint density at radius 3 is 2.52 bits per heavy atom. The summed E-state index contributed by atoms with van der Waals surface area (Å²) in [6.07, 6.45) is 0.949. The van der Waals surface area contributed by atoms with E-state index in [1.807, 2.05) is 23.2 Å². The lowest BCUT2D eigenvalue weighted by Crippen LogP contribution is -2.64. The zero-order valence-corrected chi connectivity index (χ0v) is 25.9. The van der Waals surface area contributed by atoms with Crippen molar-refractivity contribution in [3.63, 3.8) is 0 Å². The molecule has 1 unspecified atom stereocenters. The first-order chi connectivity index (χ1) is 22.3. The minimum atomic E-state index is -1.19. The minimum Gasteiger partial charge on any atom is -0.378 e. The lowest BCUT2D eigenvalue weighted by Gasteiger charge is -2.46. The molecule has 0 bridgehead atoms. The van der Waals surface area contributed by atoms with Crippen LogP contribution in [0.5, 0.6) is 0 Å². The van der Waals surface area contributed by atoms with E-state index >= 15 is 0 Å². The molecule has 4 heterocycles. The first-order valence-electron chi connectivity index (χ1n) is 15.4. The van der Waals surface area contributed by atoms with Gasteiger partial charge in [0.2, 0.25) is 5.91 Å². The number of ether oxygens (including phenoxy) is 1. The van der Waals surface area contributed by atoms with Crippen LogP contribution < -0.4 is 20.9 Å². The zero-order valence-electron chi connectivity index (χ0n) is 25.1. The highest BCUT2D eigenvalue weighted by atomic mass is 35.5. The molecule has 3 saturated heterocycles. The molecule has 3 fully saturated rings. The number of hydrazine groups is 1. The third-order valence-electron chi connectivity index (χ3n) is 9.12. The van der Waals surface area contributed by atoms with Gasteiger partial charge in [0, 0.05) is 62.1 Å². The number of halogens is 2. The molecule has 0 radical (unpaired) electrons. The number of carbonyl (C=O) groups excluding carboxylic acids is 2. The Kier molecular flexibility index (Phi) is 8.30. The first-order valence-corrected chi connectivity index (χ1v) is 15.7. The number of aliphatic hydroxyl groups is 1. The molecule has 2 atom stereocenters. The highest BCUT2D eigenvalue weighted by Crippen LogP contribution is 2.37. The highest BCUT2D eigenvalue weighted by Gasteiger charge is 2.45. The fourth-order valence-electron chi connectivity index (χ4n) is 6.70. The lowest BCUT2D eigenvalue weighted by molar-refractivity contribution is -0.162. The van der Waals surface area contributed by atoms with Crippen LogP contribution in [0.4, 0.5) is 20.6 Å². The largest absolute Gasteiger partial charge is 0.378 e. The second-order valence-corrected chi connectivity index (χ2v) is 12.1. The molecule has 13 heteroatoms. The Bertz CT molecular complexity index is 1780. The Morgan fingerprint density at radius 2 is 1.76 bits per heavy atom. The third-order valence-corrected chi connectivity index (χ3v) is 9.41. The number of hydrogen-bond acceptors (Lipinski definition) is 8. The molecule has 11 nitrogen and oxygen atoms in total. The molecule has 0 aliphatic carbocycles. The summed E-state index contributed by atoms with van der Waals surface area (Å²) in [5.74, 6) is -0.896. The molecule has 4 aromatic rings. The van der Waals surface area contributed by atoms with Crippen molar-refractivity contribution in [3.05, 3.63) is 83.3 Å². The van der Waals surface area contributed by atoms with Gasteiger partial charge in [-0.25, -0.2) is 14.2 Å². The number of nitrogens with zero attached hydrogens (tertiary/aromatic N) is 5. The molecular weight excluding hydrogens is 613 g/mol. The maximum Gasteiger partial charge on any atom is 0.323 e. The maximum atomic E-state index is 14.4. The van der Waals surface area contributed by atoms with E-state index in [0.717, 1.165) is 35.3 Å².